The Labute approximate surface area is 134 Å². The van der Waals surface area contributed by atoms with Crippen LogP contribution in [0.5, 0.6) is 11.5 Å². The van der Waals surface area contributed by atoms with Gasteiger partial charge in [-0.25, -0.2) is 5.43 Å². The first-order valence-corrected chi connectivity index (χ1v) is 7.08. The van der Waals surface area contributed by atoms with Crippen molar-refractivity contribution in [3.8, 4) is 11.5 Å². The molecule has 0 atom stereocenters. The second-order valence-corrected chi connectivity index (χ2v) is 4.78. The minimum Gasteiger partial charge on any atom is -0.508 e. The summed E-state index contributed by atoms with van der Waals surface area (Å²) < 4.78 is 5.46. The van der Waals surface area contributed by atoms with Gasteiger partial charge < -0.3 is 9.84 Å². The van der Waals surface area contributed by atoms with Crippen LogP contribution in [0.4, 0.5) is 0 Å². The average molecular weight is 310 g/mol. The molecule has 0 saturated heterocycles. The number of aromatic hydroxyl groups is 1. The second kappa shape index (κ2) is 7.79. The van der Waals surface area contributed by atoms with Gasteiger partial charge in [0.2, 0.25) is 0 Å². The molecule has 1 amide bonds. The fraction of sp³-hybridized carbons (Fsp3) is 0.111. The Morgan fingerprint density at radius 2 is 1.96 bits per heavy atom. The van der Waals surface area contributed by atoms with Gasteiger partial charge in [-0.3, -0.25) is 4.79 Å². The van der Waals surface area contributed by atoms with Crippen LogP contribution in [0.1, 0.15) is 22.8 Å². The lowest BCUT2D eigenvalue weighted by atomic mass is 10.1. The van der Waals surface area contributed by atoms with Crippen molar-refractivity contribution in [2.45, 2.75) is 6.92 Å². The van der Waals surface area contributed by atoms with Gasteiger partial charge >= 0.3 is 0 Å². The largest absolute Gasteiger partial charge is 0.508 e. The number of rotatable bonds is 6. The number of phenolic OH excluding ortho intramolecular Hbond substituents is 1. The van der Waals surface area contributed by atoms with E-state index in [9.17, 15) is 9.90 Å². The minimum atomic E-state index is -0.359. The van der Waals surface area contributed by atoms with Crippen LogP contribution in [0.25, 0.3) is 0 Å². The minimum absolute atomic E-state index is 0.180. The molecule has 0 bridgehead atoms. The molecule has 2 aromatic rings. The number of nitrogens with zero attached hydrogens (tertiary/aromatic N) is 1. The molecule has 0 aliphatic rings. The van der Waals surface area contributed by atoms with E-state index in [2.05, 4.69) is 17.1 Å². The van der Waals surface area contributed by atoms with Gasteiger partial charge in [-0.1, -0.05) is 24.8 Å². The van der Waals surface area contributed by atoms with Crippen LogP contribution >= 0.6 is 0 Å². The van der Waals surface area contributed by atoms with E-state index in [1.165, 1.54) is 0 Å². The molecule has 23 heavy (non-hydrogen) atoms. The first-order valence-electron chi connectivity index (χ1n) is 7.08. The quantitative estimate of drug-likeness (QED) is 0.489. The summed E-state index contributed by atoms with van der Waals surface area (Å²) in [7, 11) is 0. The predicted molar refractivity (Wildman–Crippen MR) is 89.9 cm³/mol. The molecule has 2 rings (SSSR count). The fourth-order valence-corrected chi connectivity index (χ4v) is 1.89. The van der Waals surface area contributed by atoms with Crippen molar-refractivity contribution in [1.29, 1.82) is 0 Å². The summed E-state index contributed by atoms with van der Waals surface area (Å²) in [6.07, 6.45) is 1.61. The molecule has 118 valence electrons. The fourth-order valence-electron chi connectivity index (χ4n) is 1.89. The third kappa shape index (κ3) is 4.44. The first kappa shape index (κ1) is 16.3. The molecule has 5 nitrogen and oxygen atoms in total. The molecule has 0 heterocycles. The average Bonchev–Trinajstić information content (AvgIpc) is 2.58. The highest BCUT2D eigenvalue weighted by Gasteiger charge is 2.11. The van der Waals surface area contributed by atoms with Crippen molar-refractivity contribution in [2.24, 2.45) is 5.10 Å². The zero-order valence-corrected chi connectivity index (χ0v) is 12.8. The molecule has 2 aromatic carbocycles. The van der Waals surface area contributed by atoms with Crippen LogP contribution in [0, 0.1) is 0 Å². The van der Waals surface area contributed by atoms with Gasteiger partial charge in [-0.2, -0.15) is 5.10 Å². The first-order chi connectivity index (χ1) is 11.1. The standard InChI is InChI=1S/C18H18N2O3/c1-3-12-23-17-7-5-4-6-16(17)18(22)20-19-13(2)14-8-10-15(21)11-9-14/h3-11,21H,1,12H2,2H3,(H,20,22). The van der Waals surface area contributed by atoms with Gasteiger partial charge in [0.05, 0.1) is 11.3 Å². The molecular formula is C18H18N2O3. The van der Waals surface area contributed by atoms with Crippen molar-refractivity contribution in [2.75, 3.05) is 6.61 Å². The molecule has 0 aliphatic carbocycles. The van der Waals surface area contributed by atoms with Gasteiger partial charge in [0.25, 0.3) is 5.91 Å². The lowest BCUT2D eigenvalue weighted by molar-refractivity contribution is 0.0951. The van der Waals surface area contributed by atoms with Crippen LogP contribution in [0.3, 0.4) is 0 Å². The van der Waals surface area contributed by atoms with E-state index in [1.807, 2.05) is 0 Å². The molecule has 0 aliphatic heterocycles. The Balaban J connectivity index is 2.11. The van der Waals surface area contributed by atoms with Gasteiger partial charge in [0.1, 0.15) is 18.1 Å². The van der Waals surface area contributed by atoms with Crippen LogP contribution in [-0.4, -0.2) is 23.3 Å². The number of phenols is 1. The third-order valence-corrected chi connectivity index (χ3v) is 3.10. The molecule has 0 fully saturated rings. The number of carbonyl (C=O) groups is 1. The summed E-state index contributed by atoms with van der Waals surface area (Å²) in [5.41, 5.74) is 4.34. The molecular weight excluding hydrogens is 292 g/mol. The van der Waals surface area contributed by atoms with E-state index in [-0.39, 0.29) is 11.7 Å². The van der Waals surface area contributed by atoms with Gasteiger partial charge in [0.15, 0.2) is 0 Å². The zero-order valence-electron chi connectivity index (χ0n) is 12.8. The smallest absolute Gasteiger partial charge is 0.275 e. The Bertz CT molecular complexity index is 721. The molecule has 2 N–H and O–H groups in total. The van der Waals surface area contributed by atoms with E-state index >= 15 is 0 Å². The normalized spacial score (nSPS) is 10.9. The third-order valence-electron chi connectivity index (χ3n) is 3.10. The Hall–Kier alpha value is -3.08. The van der Waals surface area contributed by atoms with Gasteiger partial charge in [0, 0.05) is 0 Å². The molecule has 0 aromatic heterocycles. The number of ether oxygens (including phenoxy) is 1. The highest BCUT2D eigenvalue weighted by atomic mass is 16.5. The van der Waals surface area contributed by atoms with Crippen LogP contribution in [-0.2, 0) is 0 Å². The Kier molecular flexibility index (Phi) is 5.52. The number of amides is 1. The number of hydrogen-bond acceptors (Lipinski definition) is 4. The van der Waals surface area contributed by atoms with E-state index < -0.39 is 0 Å². The van der Waals surface area contributed by atoms with Gasteiger partial charge in [-0.15, -0.1) is 0 Å². The maximum Gasteiger partial charge on any atom is 0.275 e. The van der Waals surface area contributed by atoms with E-state index in [1.54, 1.807) is 61.5 Å². The molecule has 0 unspecified atom stereocenters. The van der Waals surface area contributed by atoms with Crippen molar-refractivity contribution in [1.82, 2.24) is 5.43 Å². The molecule has 0 radical (unpaired) electrons. The van der Waals surface area contributed by atoms with E-state index in [0.717, 1.165) is 5.56 Å². The summed E-state index contributed by atoms with van der Waals surface area (Å²) in [4.78, 5) is 12.3. The van der Waals surface area contributed by atoms with Crippen LogP contribution in [0.2, 0.25) is 0 Å². The van der Waals surface area contributed by atoms with Crippen molar-refractivity contribution >= 4 is 11.6 Å². The lowest BCUT2D eigenvalue weighted by Gasteiger charge is -2.09. The highest BCUT2D eigenvalue weighted by Crippen LogP contribution is 2.18. The summed E-state index contributed by atoms with van der Waals surface area (Å²) in [6, 6.07) is 13.5. The lowest BCUT2D eigenvalue weighted by Crippen LogP contribution is -2.20. The number of hydrogen-bond donors (Lipinski definition) is 2. The number of hydrazone groups is 1. The van der Waals surface area contributed by atoms with E-state index in [0.29, 0.717) is 23.6 Å². The number of carbonyl (C=O) groups excluding carboxylic acids is 1. The second-order valence-electron chi connectivity index (χ2n) is 4.78. The summed E-state index contributed by atoms with van der Waals surface area (Å²) in [5, 5.41) is 13.4. The molecule has 0 spiro atoms. The molecule has 0 saturated carbocycles. The van der Waals surface area contributed by atoms with Crippen LogP contribution in [0.15, 0.2) is 66.3 Å². The van der Waals surface area contributed by atoms with Gasteiger partial charge in [-0.05, 0) is 48.9 Å². The zero-order chi connectivity index (χ0) is 16.7. The maximum absolute atomic E-state index is 12.3. The van der Waals surface area contributed by atoms with E-state index in [4.69, 9.17) is 4.74 Å². The summed E-state index contributed by atoms with van der Waals surface area (Å²) >= 11 is 0. The molecule has 5 heteroatoms. The SMILES string of the molecule is C=CCOc1ccccc1C(=O)NN=C(C)c1ccc(O)cc1. The number of para-hydroxylation sites is 1. The summed E-state index contributed by atoms with van der Waals surface area (Å²) in [6.45, 7) is 5.67. The number of nitrogens with one attached hydrogen (secondary N) is 1. The topological polar surface area (TPSA) is 70.9 Å². The predicted octanol–water partition coefficient (Wildman–Crippen LogP) is 3.11. The highest BCUT2D eigenvalue weighted by molar-refractivity contribution is 6.01. The monoisotopic (exact) mass is 310 g/mol. The summed E-state index contributed by atoms with van der Waals surface area (Å²) in [5.74, 6) is 0.295. The van der Waals surface area contributed by atoms with Crippen molar-refractivity contribution < 1.29 is 14.6 Å². The Morgan fingerprint density at radius 3 is 2.65 bits per heavy atom. The van der Waals surface area contributed by atoms with Crippen molar-refractivity contribution in [3.63, 3.8) is 0 Å². The Morgan fingerprint density at radius 1 is 1.26 bits per heavy atom. The van der Waals surface area contributed by atoms with Crippen molar-refractivity contribution in [3.05, 3.63) is 72.3 Å². The maximum atomic E-state index is 12.3. The van der Waals surface area contributed by atoms with Crippen LogP contribution < -0.4 is 10.2 Å². The number of benzene rings is 2.